The smallest absolute Gasteiger partial charge is 0.251 e. The molecule has 25 heavy (non-hydrogen) atoms. The topological polar surface area (TPSA) is 54.1 Å². The molecular weight excluding hydrogens is 319 g/mol. The van der Waals surface area contributed by atoms with Crippen molar-refractivity contribution in [3.8, 4) is 5.75 Å². The minimum atomic E-state index is -0.357. The van der Waals surface area contributed by atoms with Crippen molar-refractivity contribution < 1.29 is 13.9 Å². The Balaban J connectivity index is 1.79. The van der Waals surface area contributed by atoms with Gasteiger partial charge in [-0.25, -0.2) is 4.39 Å². The highest BCUT2D eigenvalue weighted by molar-refractivity contribution is 5.94. The minimum absolute atomic E-state index is 0.217. The van der Waals surface area contributed by atoms with Gasteiger partial charge < -0.3 is 15.0 Å². The number of amides is 1. The van der Waals surface area contributed by atoms with Gasteiger partial charge in [-0.15, -0.1) is 0 Å². The zero-order chi connectivity index (χ0) is 18.0. The van der Waals surface area contributed by atoms with Crippen LogP contribution in [0.1, 0.15) is 29.8 Å². The lowest BCUT2D eigenvalue weighted by atomic mass is 9.84. The van der Waals surface area contributed by atoms with Gasteiger partial charge in [-0.3, -0.25) is 4.79 Å². The summed E-state index contributed by atoms with van der Waals surface area (Å²) in [4.78, 5) is 15.5. The average molecular weight is 340 g/mol. The molecule has 0 fully saturated rings. The molecule has 3 rings (SSSR count). The average Bonchev–Trinajstić information content (AvgIpc) is 3.04. The molecule has 4 nitrogen and oxygen atoms in total. The molecule has 0 unspecified atom stereocenters. The first-order chi connectivity index (χ1) is 11.9. The molecule has 0 spiro atoms. The number of rotatable bonds is 5. The Kier molecular flexibility index (Phi) is 4.49. The van der Waals surface area contributed by atoms with E-state index in [1.54, 1.807) is 7.11 Å². The number of ether oxygens (including phenoxy) is 1. The third kappa shape index (κ3) is 3.50. The van der Waals surface area contributed by atoms with E-state index < -0.39 is 0 Å². The van der Waals surface area contributed by atoms with Crippen molar-refractivity contribution in [2.24, 2.45) is 0 Å². The molecule has 0 saturated carbocycles. The van der Waals surface area contributed by atoms with Gasteiger partial charge in [0.25, 0.3) is 5.91 Å². The molecule has 0 radical (unpaired) electrons. The Morgan fingerprint density at radius 1 is 1.20 bits per heavy atom. The van der Waals surface area contributed by atoms with Crippen LogP contribution in [-0.4, -0.2) is 24.5 Å². The van der Waals surface area contributed by atoms with E-state index in [2.05, 4.69) is 24.1 Å². The fourth-order valence-corrected chi connectivity index (χ4v) is 2.89. The van der Waals surface area contributed by atoms with Crippen molar-refractivity contribution >= 4 is 16.8 Å². The second-order valence-corrected chi connectivity index (χ2v) is 6.69. The van der Waals surface area contributed by atoms with Crippen LogP contribution in [0.2, 0.25) is 0 Å². The zero-order valence-electron chi connectivity index (χ0n) is 14.5. The summed E-state index contributed by atoms with van der Waals surface area (Å²) in [6.07, 6.45) is 1.97. The number of halogens is 1. The number of nitrogens with one attached hydrogen (secondary N) is 2. The van der Waals surface area contributed by atoms with Crippen LogP contribution in [0.3, 0.4) is 0 Å². The molecule has 1 aromatic heterocycles. The molecule has 1 amide bonds. The minimum Gasteiger partial charge on any atom is -0.497 e. The number of aromatic nitrogens is 1. The van der Waals surface area contributed by atoms with Gasteiger partial charge in [0.1, 0.15) is 11.6 Å². The number of hydrogen-bond acceptors (Lipinski definition) is 2. The molecule has 1 heterocycles. The highest BCUT2D eigenvalue weighted by Crippen LogP contribution is 2.32. The van der Waals surface area contributed by atoms with Gasteiger partial charge >= 0.3 is 0 Å². The van der Waals surface area contributed by atoms with Crippen molar-refractivity contribution in [3.63, 3.8) is 0 Å². The Hall–Kier alpha value is -2.82. The van der Waals surface area contributed by atoms with E-state index >= 15 is 0 Å². The SMILES string of the molecule is COc1ccc2[nH]cc(C(C)(C)CNC(=O)c3ccc(F)cc3)c2c1. The number of carbonyl (C=O) groups excluding carboxylic acids is 1. The van der Waals surface area contributed by atoms with Gasteiger partial charge in [0.15, 0.2) is 0 Å². The monoisotopic (exact) mass is 340 g/mol. The van der Waals surface area contributed by atoms with E-state index in [1.807, 2.05) is 24.4 Å². The van der Waals surface area contributed by atoms with Crippen molar-refractivity contribution in [3.05, 3.63) is 65.6 Å². The summed E-state index contributed by atoms with van der Waals surface area (Å²) in [6.45, 7) is 4.59. The lowest BCUT2D eigenvalue weighted by Crippen LogP contribution is -2.36. The van der Waals surface area contributed by atoms with Crippen molar-refractivity contribution in [1.29, 1.82) is 0 Å². The first kappa shape index (κ1) is 17.0. The van der Waals surface area contributed by atoms with Gasteiger partial charge in [0.2, 0.25) is 0 Å². The Bertz CT molecular complexity index is 898. The summed E-state index contributed by atoms with van der Waals surface area (Å²) in [5, 5.41) is 4.00. The van der Waals surface area contributed by atoms with Gasteiger partial charge in [-0.2, -0.15) is 0 Å². The summed E-state index contributed by atoms with van der Waals surface area (Å²) >= 11 is 0. The molecule has 0 aliphatic rings. The third-order valence-corrected chi connectivity index (χ3v) is 4.42. The number of hydrogen-bond donors (Lipinski definition) is 2. The van der Waals surface area contributed by atoms with Crippen LogP contribution in [0.5, 0.6) is 5.75 Å². The van der Waals surface area contributed by atoms with Crippen LogP contribution in [0.4, 0.5) is 4.39 Å². The fourth-order valence-electron chi connectivity index (χ4n) is 2.89. The van der Waals surface area contributed by atoms with Crippen LogP contribution in [0, 0.1) is 5.82 Å². The standard InChI is InChI=1S/C20H21FN2O2/c1-20(2,12-23-19(24)13-4-6-14(21)7-5-13)17-11-22-18-9-8-15(25-3)10-16(17)18/h4-11,22H,12H2,1-3H3,(H,23,24). The first-order valence-corrected chi connectivity index (χ1v) is 8.10. The van der Waals surface area contributed by atoms with E-state index in [0.29, 0.717) is 12.1 Å². The number of benzene rings is 2. The predicted octanol–water partition coefficient (Wildman–Crippen LogP) is 4.02. The van der Waals surface area contributed by atoms with Crippen molar-refractivity contribution in [2.75, 3.05) is 13.7 Å². The van der Waals surface area contributed by atoms with E-state index in [1.165, 1.54) is 24.3 Å². The lowest BCUT2D eigenvalue weighted by Gasteiger charge is -2.25. The number of aromatic amines is 1. The van der Waals surface area contributed by atoms with E-state index in [0.717, 1.165) is 22.2 Å². The Labute approximate surface area is 146 Å². The van der Waals surface area contributed by atoms with Gasteiger partial charge in [0.05, 0.1) is 7.11 Å². The molecule has 2 aromatic carbocycles. The molecule has 0 aliphatic heterocycles. The maximum Gasteiger partial charge on any atom is 0.251 e. The van der Waals surface area contributed by atoms with Crippen LogP contribution in [0.25, 0.3) is 10.9 Å². The molecule has 2 N–H and O–H groups in total. The molecule has 130 valence electrons. The maximum absolute atomic E-state index is 13.0. The third-order valence-electron chi connectivity index (χ3n) is 4.42. The summed E-state index contributed by atoms with van der Waals surface area (Å²) in [5.41, 5.74) is 2.27. The van der Waals surface area contributed by atoms with E-state index in [4.69, 9.17) is 4.74 Å². The lowest BCUT2D eigenvalue weighted by molar-refractivity contribution is 0.0945. The predicted molar refractivity (Wildman–Crippen MR) is 96.6 cm³/mol. The molecule has 0 atom stereocenters. The maximum atomic E-state index is 13.0. The molecule has 0 saturated heterocycles. The highest BCUT2D eigenvalue weighted by Gasteiger charge is 2.25. The molecule has 3 aromatic rings. The molecular formula is C20H21FN2O2. The van der Waals surface area contributed by atoms with Crippen molar-refractivity contribution in [2.45, 2.75) is 19.3 Å². The molecule has 0 aliphatic carbocycles. The normalized spacial score (nSPS) is 11.5. The molecule has 5 heteroatoms. The van der Waals surface area contributed by atoms with Gasteiger partial charge in [0, 0.05) is 34.6 Å². The van der Waals surface area contributed by atoms with E-state index in [9.17, 15) is 9.18 Å². The van der Waals surface area contributed by atoms with Gasteiger partial charge in [-0.05, 0) is 48.0 Å². The second-order valence-electron chi connectivity index (χ2n) is 6.69. The fraction of sp³-hybridized carbons (Fsp3) is 0.250. The number of methoxy groups -OCH3 is 1. The first-order valence-electron chi connectivity index (χ1n) is 8.10. The highest BCUT2D eigenvalue weighted by atomic mass is 19.1. The number of H-pyrrole nitrogens is 1. The van der Waals surface area contributed by atoms with Crippen molar-refractivity contribution in [1.82, 2.24) is 10.3 Å². The zero-order valence-corrected chi connectivity index (χ0v) is 14.5. The summed E-state index contributed by atoms with van der Waals surface area (Å²) in [7, 11) is 1.64. The van der Waals surface area contributed by atoms with Crippen LogP contribution < -0.4 is 10.1 Å². The largest absolute Gasteiger partial charge is 0.497 e. The van der Waals surface area contributed by atoms with Gasteiger partial charge in [-0.1, -0.05) is 13.8 Å². The number of fused-ring (bicyclic) bond motifs is 1. The quantitative estimate of drug-likeness (QED) is 0.737. The second kappa shape index (κ2) is 6.59. The molecule has 0 bridgehead atoms. The Morgan fingerprint density at radius 3 is 2.60 bits per heavy atom. The van der Waals surface area contributed by atoms with E-state index in [-0.39, 0.29) is 17.1 Å². The Morgan fingerprint density at radius 2 is 1.92 bits per heavy atom. The van der Waals surface area contributed by atoms with Crippen LogP contribution in [0.15, 0.2) is 48.7 Å². The summed E-state index contributed by atoms with van der Waals surface area (Å²) in [5.74, 6) is 0.217. The summed E-state index contributed by atoms with van der Waals surface area (Å²) < 4.78 is 18.3. The van der Waals surface area contributed by atoms with Crippen LogP contribution >= 0.6 is 0 Å². The summed E-state index contributed by atoms with van der Waals surface area (Å²) in [6, 6.07) is 11.4. The number of carbonyl (C=O) groups is 1. The van der Waals surface area contributed by atoms with Crippen LogP contribution in [-0.2, 0) is 5.41 Å².